The van der Waals surface area contributed by atoms with Crippen LogP contribution in [0.2, 0.25) is 0 Å². The van der Waals surface area contributed by atoms with Gasteiger partial charge in [0, 0.05) is 6.20 Å². The summed E-state index contributed by atoms with van der Waals surface area (Å²) in [4.78, 5) is 4.99. The Labute approximate surface area is 423 Å². The summed E-state index contributed by atoms with van der Waals surface area (Å²) in [5.41, 5.74) is 17.7. The van der Waals surface area contributed by atoms with Gasteiger partial charge in [-0.25, -0.2) is 0 Å². The molecule has 70 heavy (non-hydrogen) atoms. The van der Waals surface area contributed by atoms with Crippen molar-refractivity contribution in [1.29, 1.82) is 0 Å². The third-order valence-electron chi connectivity index (χ3n) is 14.2. The summed E-state index contributed by atoms with van der Waals surface area (Å²) in [6, 6.07) is 60.6. The third-order valence-corrected chi connectivity index (χ3v) is 15.2. The SMILES string of the molecule is CC(C)(C)c1cc(-c2cccc(-c3ccccc3)c2-n2[c](=[Pt])n(-c3[c-]c(Oc4[c-]c5c(cc4)c4cc6c(cc4n5-c4cc(C(C)(C)C)ccn4)CCCC6)ccc3)c3ccccc32)cc(C(C)(C)C)c1. The molecule has 354 valence electrons. The van der Waals surface area contributed by atoms with Crippen LogP contribution in [0.25, 0.3) is 72.3 Å². The van der Waals surface area contributed by atoms with Gasteiger partial charge >= 0.3 is 346 Å². The normalized spacial score (nSPS) is 13.4. The summed E-state index contributed by atoms with van der Waals surface area (Å²) in [5, 5.41) is 2.37. The van der Waals surface area contributed by atoms with Crippen LogP contribution < -0.4 is 4.74 Å². The number of para-hydroxylation sites is 3. The van der Waals surface area contributed by atoms with Crippen LogP contribution in [0.3, 0.4) is 0 Å². The molecule has 0 unspecified atom stereocenters. The second kappa shape index (κ2) is 17.4. The number of fused-ring (bicyclic) bond motifs is 5. The predicted molar refractivity (Wildman–Crippen MR) is 286 cm³/mol. The first kappa shape index (κ1) is 45.9. The number of imidazole rings is 1. The average Bonchev–Trinajstić information content (AvgIpc) is 3.82. The van der Waals surface area contributed by atoms with E-state index in [1.807, 2.05) is 12.3 Å². The molecule has 3 aromatic heterocycles. The zero-order valence-electron chi connectivity index (χ0n) is 41.8. The van der Waals surface area contributed by atoms with Crippen molar-refractivity contribution in [3.8, 4) is 50.9 Å². The van der Waals surface area contributed by atoms with Gasteiger partial charge in [0.25, 0.3) is 0 Å². The molecule has 0 bridgehead atoms. The van der Waals surface area contributed by atoms with E-state index in [0.717, 1.165) is 72.4 Å². The second-order valence-electron chi connectivity index (χ2n) is 22.2. The Hall–Kier alpha value is -6.55. The summed E-state index contributed by atoms with van der Waals surface area (Å²) in [7, 11) is 0. The first-order chi connectivity index (χ1) is 33.5. The minimum absolute atomic E-state index is 0.0294. The summed E-state index contributed by atoms with van der Waals surface area (Å²) < 4.78 is 14.9. The van der Waals surface area contributed by atoms with Gasteiger partial charge in [-0.3, -0.25) is 0 Å². The van der Waals surface area contributed by atoms with Crippen molar-refractivity contribution in [1.82, 2.24) is 18.7 Å². The molecule has 0 saturated heterocycles. The summed E-state index contributed by atoms with van der Waals surface area (Å²) >= 11 is 2.52. The van der Waals surface area contributed by atoms with Crippen molar-refractivity contribution in [3.63, 3.8) is 0 Å². The van der Waals surface area contributed by atoms with Crippen molar-refractivity contribution in [2.24, 2.45) is 0 Å². The molecule has 0 atom stereocenters. The monoisotopic (exact) mass is 1100 g/mol. The van der Waals surface area contributed by atoms with E-state index in [1.54, 1.807) is 0 Å². The Bertz CT molecular complexity index is 3680. The van der Waals surface area contributed by atoms with Gasteiger partial charge in [-0.1, -0.05) is 20.8 Å². The standard InChI is InChI=1S/C64H60N4O.Pt/c1-62(2,3)46-31-32-65-60(38-46)68-58-36-44-22-14-13-21-43(44)35-55(58)54-30-29-51(40-59(54)68)69-50-24-17-23-49(39-50)66-41-67(57-28-16-15-27-56(57)66)61-52(42-19-11-10-12-20-42)25-18-26-53(61)45-33-47(63(4,5)6)37-48(34-45)64(7,8)9;/h10-12,15-20,23-38H,13-14,21-22H2,1-9H3;/q-2;. The molecule has 1 aliphatic carbocycles. The van der Waals surface area contributed by atoms with E-state index in [0.29, 0.717) is 11.5 Å². The number of aryl methyl sites for hydroxylation is 2. The number of aromatic nitrogens is 4. The van der Waals surface area contributed by atoms with Crippen LogP contribution >= 0.6 is 0 Å². The van der Waals surface area contributed by atoms with Crippen LogP contribution in [0, 0.1) is 15.9 Å². The van der Waals surface area contributed by atoms with E-state index < -0.39 is 0 Å². The molecule has 1 aliphatic rings. The van der Waals surface area contributed by atoms with Gasteiger partial charge in [0.2, 0.25) is 0 Å². The number of ether oxygens (including phenoxy) is 1. The van der Waals surface area contributed by atoms with Gasteiger partial charge in [0.15, 0.2) is 0 Å². The molecule has 0 radical (unpaired) electrons. The Balaban J connectivity index is 1.06. The van der Waals surface area contributed by atoms with Crippen LogP contribution in [0.1, 0.15) is 103 Å². The molecule has 0 amide bonds. The third kappa shape index (κ3) is 8.30. The van der Waals surface area contributed by atoms with Gasteiger partial charge in [0.05, 0.1) is 0 Å². The van der Waals surface area contributed by atoms with Crippen molar-refractivity contribution >= 4 is 32.8 Å². The first-order valence-electron chi connectivity index (χ1n) is 24.7. The molecule has 0 aliphatic heterocycles. The number of hydrogen-bond acceptors (Lipinski definition) is 2. The van der Waals surface area contributed by atoms with E-state index in [1.165, 1.54) is 57.2 Å². The van der Waals surface area contributed by atoms with E-state index in [2.05, 4.69) is 247 Å². The predicted octanol–water partition coefficient (Wildman–Crippen LogP) is 16.5. The molecule has 0 saturated carbocycles. The maximum absolute atomic E-state index is 6.82. The zero-order chi connectivity index (χ0) is 48.7. The number of hydrogen-bond donors (Lipinski definition) is 0. The molecule has 7 aromatic carbocycles. The molecule has 10 aromatic rings. The zero-order valence-corrected chi connectivity index (χ0v) is 44.0. The fourth-order valence-corrected chi connectivity index (χ4v) is 11.3. The molecule has 11 rings (SSSR count). The molecule has 0 N–H and O–H groups in total. The fourth-order valence-electron chi connectivity index (χ4n) is 10.3. The maximum atomic E-state index is 6.82. The minimum atomic E-state index is -0.0372. The van der Waals surface area contributed by atoms with Crippen LogP contribution in [0.5, 0.6) is 11.5 Å². The molecule has 3 heterocycles. The topological polar surface area (TPSA) is 36.9 Å². The van der Waals surface area contributed by atoms with Crippen LogP contribution in [0.15, 0.2) is 152 Å². The summed E-state index contributed by atoms with van der Waals surface area (Å²) in [5.74, 6) is 2.12. The van der Waals surface area contributed by atoms with Crippen molar-refractivity contribution in [3.05, 3.63) is 196 Å². The van der Waals surface area contributed by atoms with Gasteiger partial charge in [-0.15, -0.1) is 0 Å². The molecule has 6 heteroatoms. The van der Waals surface area contributed by atoms with Crippen LogP contribution in [-0.4, -0.2) is 18.7 Å². The van der Waals surface area contributed by atoms with E-state index in [9.17, 15) is 0 Å². The van der Waals surface area contributed by atoms with Gasteiger partial charge in [-0.2, -0.15) is 0 Å². The average molecular weight is 1100 g/mol. The van der Waals surface area contributed by atoms with Crippen molar-refractivity contribution in [2.75, 3.05) is 0 Å². The van der Waals surface area contributed by atoms with Crippen LogP contribution in [-0.2, 0) is 48.4 Å². The fraction of sp³-hybridized carbons (Fsp3) is 0.250. The molecule has 5 nitrogen and oxygen atoms in total. The summed E-state index contributed by atoms with van der Waals surface area (Å²) in [6.45, 7) is 20.6. The Kier molecular flexibility index (Phi) is 11.4. The Morgan fingerprint density at radius 1 is 0.500 bits per heavy atom. The molecular formula is C64H60N4OPt-2. The molecule has 0 spiro atoms. The van der Waals surface area contributed by atoms with E-state index in [4.69, 9.17) is 9.72 Å². The van der Waals surface area contributed by atoms with Crippen LogP contribution in [0.4, 0.5) is 0 Å². The molecule has 0 fully saturated rings. The number of rotatable bonds is 7. The Morgan fingerprint density at radius 2 is 1.11 bits per heavy atom. The summed E-state index contributed by atoms with van der Waals surface area (Å²) in [6.07, 6.45) is 6.62. The second-order valence-corrected chi connectivity index (χ2v) is 23.2. The number of pyridine rings is 1. The first-order valence-corrected chi connectivity index (χ1v) is 25.9. The van der Waals surface area contributed by atoms with Crippen molar-refractivity contribution < 1.29 is 24.1 Å². The van der Waals surface area contributed by atoms with E-state index in [-0.39, 0.29) is 16.2 Å². The van der Waals surface area contributed by atoms with E-state index >= 15 is 0 Å². The number of benzene rings is 7. The molecular weight excluding hydrogens is 1040 g/mol. The Morgan fingerprint density at radius 3 is 1.80 bits per heavy atom. The van der Waals surface area contributed by atoms with Gasteiger partial charge in [-0.05, 0) is 53.9 Å². The quantitative estimate of drug-likeness (QED) is 0.149. The van der Waals surface area contributed by atoms with Gasteiger partial charge in [0.1, 0.15) is 0 Å². The van der Waals surface area contributed by atoms with Crippen molar-refractivity contribution in [2.45, 2.75) is 104 Å². The number of nitrogens with zero attached hydrogens (tertiary/aromatic N) is 4. The van der Waals surface area contributed by atoms with Gasteiger partial charge < -0.3 is 0 Å².